The van der Waals surface area contributed by atoms with Crippen LogP contribution in [0.15, 0.2) is 90.2 Å². The van der Waals surface area contributed by atoms with Crippen molar-refractivity contribution in [2.45, 2.75) is 36.9 Å². The Hall–Kier alpha value is -5.94. The molecule has 1 fully saturated rings. The number of carbonyl (C=O) groups is 2. The number of nitrogens with zero attached hydrogens (tertiary/aromatic N) is 4. The highest BCUT2D eigenvalue weighted by Crippen LogP contribution is 2.39. The number of anilines is 1. The van der Waals surface area contributed by atoms with Gasteiger partial charge in [0.2, 0.25) is 5.13 Å². The van der Waals surface area contributed by atoms with E-state index in [1.807, 2.05) is 12.1 Å². The fraction of sp³-hybridized carbons (Fsp3) is 0.243. The van der Waals surface area contributed by atoms with Crippen LogP contribution in [0.4, 0.5) is 18.3 Å². The van der Waals surface area contributed by atoms with Gasteiger partial charge in [-0.3, -0.25) is 19.3 Å². The van der Waals surface area contributed by atoms with Crippen LogP contribution in [0.5, 0.6) is 11.5 Å². The Morgan fingerprint density at radius 1 is 0.946 bits per heavy atom. The van der Waals surface area contributed by atoms with E-state index in [4.69, 9.17) is 24.5 Å². The van der Waals surface area contributed by atoms with Gasteiger partial charge in [-0.15, -0.1) is 0 Å². The average Bonchev–Trinajstić information content (AvgIpc) is 3.70. The third-order valence-corrected chi connectivity index (χ3v) is 10.4. The molecule has 0 amide bonds. The Balaban J connectivity index is 0.00000109. The minimum atomic E-state index is -4.51. The van der Waals surface area contributed by atoms with Gasteiger partial charge in [0.15, 0.2) is 0 Å². The molecule has 1 saturated heterocycles. The quantitative estimate of drug-likeness (QED) is 0.0661. The third kappa shape index (κ3) is 12.3. The van der Waals surface area contributed by atoms with Crippen LogP contribution in [0.25, 0.3) is 22.3 Å². The van der Waals surface area contributed by atoms with Gasteiger partial charge in [-0.05, 0) is 116 Å². The highest BCUT2D eigenvalue weighted by atomic mass is 32.2. The van der Waals surface area contributed by atoms with Crippen LogP contribution >= 0.6 is 11.5 Å². The summed E-state index contributed by atoms with van der Waals surface area (Å²) in [7, 11) is -4.07. The van der Waals surface area contributed by atoms with E-state index in [2.05, 4.69) is 29.7 Å². The van der Waals surface area contributed by atoms with Gasteiger partial charge in [0.25, 0.3) is 23.0 Å². The summed E-state index contributed by atoms with van der Waals surface area (Å²) >= 11 is 0.865. The smallest absolute Gasteiger partial charge is 0.416 e. The number of rotatable bonds is 12. The Bertz CT molecular complexity index is 2210. The topological polar surface area (TPSA) is 217 Å². The first-order valence-corrected chi connectivity index (χ1v) is 19.0. The number of nitrogens with one attached hydrogen (secondary N) is 3. The molecule has 56 heavy (non-hydrogen) atoms. The van der Waals surface area contributed by atoms with Crippen molar-refractivity contribution >= 4 is 39.6 Å². The molecule has 1 aliphatic heterocycles. The van der Waals surface area contributed by atoms with Crippen LogP contribution in [-0.4, -0.2) is 65.6 Å². The molecule has 294 valence electrons. The zero-order valence-corrected chi connectivity index (χ0v) is 31.1. The van der Waals surface area contributed by atoms with Crippen LogP contribution in [0.3, 0.4) is 0 Å². The van der Waals surface area contributed by atoms with Gasteiger partial charge in [-0.1, -0.05) is 18.2 Å². The lowest BCUT2D eigenvalue weighted by molar-refractivity contribution is -0.137. The van der Waals surface area contributed by atoms with Crippen molar-refractivity contribution in [3.63, 3.8) is 0 Å². The maximum absolute atomic E-state index is 13.6. The molecule has 5 N–H and O–H groups in total. The lowest BCUT2D eigenvalue weighted by Gasteiger charge is -2.22. The van der Waals surface area contributed by atoms with Gasteiger partial charge in [0.1, 0.15) is 23.9 Å². The van der Waals surface area contributed by atoms with Crippen molar-refractivity contribution in [3.05, 3.63) is 102 Å². The number of benzene rings is 3. The molecule has 0 spiro atoms. The average molecular weight is 812 g/mol. The number of sulfonamides is 1. The summed E-state index contributed by atoms with van der Waals surface area (Å²) in [5.74, 6) is 1.07. The molecule has 0 aliphatic carbocycles. The van der Waals surface area contributed by atoms with Gasteiger partial charge >= 0.3 is 6.18 Å². The first kappa shape index (κ1) is 42.8. The molecule has 0 saturated carbocycles. The summed E-state index contributed by atoms with van der Waals surface area (Å²) in [4.78, 5) is 24.9. The van der Waals surface area contributed by atoms with E-state index in [-0.39, 0.29) is 34.3 Å². The molecule has 6 rings (SSSR count). The number of pyridine rings is 1. The van der Waals surface area contributed by atoms with Crippen molar-refractivity contribution < 1.29 is 46.1 Å². The third-order valence-electron chi connectivity index (χ3n) is 8.31. The highest BCUT2D eigenvalue weighted by Gasteiger charge is 2.30. The van der Waals surface area contributed by atoms with Crippen LogP contribution < -0.4 is 20.1 Å². The summed E-state index contributed by atoms with van der Waals surface area (Å²) < 4.78 is 78.9. The number of ether oxygens (including phenoxy) is 1. The Morgan fingerprint density at radius 3 is 2.34 bits per heavy atom. The molecule has 2 aromatic heterocycles. The number of carboxylic acid groups (broad SMARTS) is 2. The van der Waals surface area contributed by atoms with E-state index in [1.54, 1.807) is 36.5 Å². The van der Waals surface area contributed by atoms with Crippen molar-refractivity contribution in [2.75, 3.05) is 24.4 Å². The van der Waals surface area contributed by atoms with Gasteiger partial charge < -0.3 is 25.6 Å². The van der Waals surface area contributed by atoms with E-state index >= 15 is 0 Å². The Labute approximate surface area is 324 Å². The zero-order chi connectivity index (χ0) is 40.6. The van der Waals surface area contributed by atoms with Crippen LogP contribution in [0.2, 0.25) is 0 Å². The van der Waals surface area contributed by atoms with Gasteiger partial charge in [0, 0.05) is 29.8 Å². The molecule has 0 bridgehead atoms. The molecular formula is C37H36F3N7O7S2. The maximum Gasteiger partial charge on any atom is 0.416 e. The van der Waals surface area contributed by atoms with E-state index in [0.717, 1.165) is 68.3 Å². The summed E-state index contributed by atoms with van der Waals surface area (Å²) in [6, 6.07) is 19.6. The summed E-state index contributed by atoms with van der Waals surface area (Å²) in [5, 5.41) is 30.7. The van der Waals surface area contributed by atoms with Crippen molar-refractivity contribution in [2.24, 2.45) is 5.92 Å². The first-order valence-electron chi connectivity index (χ1n) is 16.8. The molecule has 3 aromatic carbocycles. The van der Waals surface area contributed by atoms with E-state index in [9.17, 15) is 26.9 Å². The van der Waals surface area contributed by atoms with Gasteiger partial charge in [0.05, 0.1) is 21.7 Å². The Kier molecular flexibility index (Phi) is 15.8. The zero-order valence-electron chi connectivity index (χ0n) is 29.4. The molecule has 0 atom stereocenters. The number of halogens is 3. The fourth-order valence-electron chi connectivity index (χ4n) is 5.70. The second-order valence-corrected chi connectivity index (χ2v) is 14.4. The van der Waals surface area contributed by atoms with Gasteiger partial charge in [-0.2, -0.15) is 22.8 Å². The van der Waals surface area contributed by atoms with Crippen LogP contribution in [0.1, 0.15) is 36.1 Å². The first-order chi connectivity index (χ1) is 26.9. The lowest BCUT2D eigenvalue weighted by atomic mass is 9.95. The SMILES string of the molecule is N#Cc1cc(S(=O)(=O)Nc2ncns2)ccc1Oc1ccc(-c2cccc(C(F)(F)F)c2)cc1-c1ccnc(CNCCC2CCNCC2)c1.O=CO.O=CO. The van der Waals surface area contributed by atoms with Crippen molar-refractivity contribution in [3.8, 4) is 39.8 Å². The van der Waals surface area contributed by atoms with Gasteiger partial charge in [-0.25, -0.2) is 13.4 Å². The lowest BCUT2D eigenvalue weighted by Crippen LogP contribution is -2.29. The molecule has 0 unspecified atom stereocenters. The minimum Gasteiger partial charge on any atom is -0.483 e. The number of hydrogen-bond acceptors (Lipinski definition) is 12. The maximum atomic E-state index is 13.6. The number of nitriles is 1. The van der Waals surface area contributed by atoms with Crippen LogP contribution in [0, 0.1) is 17.2 Å². The van der Waals surface area contributed by atoms with E-state index in [1.165, 1.54) is 30.6 Å². The van der Waals surface area contributed by atoms with E-state index in [0.29, 0.717) is 40.5 Å². The molecule has 14 nitrogen and oxygen atoms in total. The number of alkyl halides is 3. The molecule has 1 aliphatic rings. The second-order valence-electron chi connectivity index (χ2n) is 11.9. The second kappa shape index (κ2) is 20.7. The number of aromatic nitrogens is 3. The van der Waals surface area contributed by atoms with Crippen LogP contribution in [-0.2, 0) is 32.3 Å². The molecule has 19 heteroatoms. The Morgan fingerprint density at radius 2 is 1.66 bits per heavy atom. The highest BCUT2D eigenvalue weighted by molar-refractivity contribution is 7.93. The summed E-state index contributed by atoms with van der Waals surface area (Å²) in [6.45, 7) is 2.94. The van der Waals surface area contributed by atoms with E-state index < -0.39 is 21.8 Å². The monoisotopic (exact) mass is 811 g/mol. The number of piperidine rings is 1. The fourth-order valence-corrected chi connectivity index (χ4v) is 7.38. The summed E-state index contributed by atoms with van der Waals surface area (Å²) in [5.41, 5.74) is 2.05. The molecular weight excluding hydrogens is 776 g/mol. The summed E-state index contributed by atoms with van der Waals surface area (Å²) in [6.07, 6.45) is 1.75. The minimum absolute atomic E-state index is 0.0496. The predicted molar refractivity (Wildman–Crippen MR) is 201 cm³/mol. The molecule has 5 aromatic rings. The number of hydrogen-bond donors (Lipinski definition) is 5. The largest absolute Gasteiger partial charge is 0.483 e. The van der Waals surface area contributed by atoms with Crippen molar-refractivity contribution in [1.29, 1.82) is 5.26 Å². The van der Waals surface area contributed by atoms with Crippen molar-refractivity contribution in [1.82, 2.24) is 25.0 Å². The predicted octanol–water partition coefficient (Wildman–Crippen LogP) is 6.63. The normalized spacial score (nSPS) is 12.8. The standard InChI is InChI=1S/C35H32F3N7O3S2.2CH2O2/c36-35(37,38)28-3-1-2-24(16-28)25-4-6-33(48-32-7-5-30(18-27(32)20-39)50(46,47)45-34-43-22-44-49-34)31(19-25)26-11-15-42-29(17-26)21-41-14-10-23-8-12-40-13-9-23;2*2-1-3/h1-7,11,15-19,22-23,40-41H,8-10,12-14,21H2,(H,43,44,45);2*1H,(H,2,3). The molecule has 3 heterocycles. The molecule has 0 radical (unpaired) electrons.